The van der Waals surface area contributed by atoms with Gasteiger partial charge in [0.05, 0.1) is 18.0 Å². The number of methoxy groups -OCH3 is 1. The third-order valence-electron chi connectivity index (χ3n) is 5.38. The SMILES string of the molecule is COc1ccc(S(=O)(=O)N(C)C)cc1CCC(=O)NC(C)c1cc(C)c(C)cc1C. The first kappa shape index (κ1) is 23.9. The third-order valence-corrected chi connectivity index (χ3v) is 7.19. The Kier molecular flexibility index (Phi) is 7.66. The summed E-state index contributed by atoms with van der Waals surface area (Å²) in [5, 5.41) is 3.05. The van der Waals surface area contributed by atoms with Crippen LogP contribution in [0.2, 0.25) is 0 Å². The summed E-state index contributed by atoms with van der Waals surface area (Å²) in [6.45, 7) is 8.16. The number of sulfonamides is 1. The third kappa shape index (κ3) is 5.40. The van der Waals surface area contributed by atoms with Crippen LogP contribution < -0.4 is 10.1 Å². The minimum Gasteiger partial charge on any atom is -0.496 e. The van der Waals surface area contributed by atoms with Crippen LogP contribution in [0.3, 0.4) is 0 Å². The van der Waals surface area contributed by atoms with E-state index in [0.29, 0.717) is 17.7 Å². The molecule has 0 heterocycles. The Hall–Kier alpha value is -2.38. The van der Waals surface area contributed by atoms with Crippen molar-refractivity contribution in [3.05, 3.63) is 58.1 Å². The summed E-state index contributed by atoms with van der Waals surface area (Å²) < 4.78 is 31.3. The molecular weight excluding hydrogens is 400 g/mol. The lowest BCUT2D eigenvalue weighted by Crippen LogP contribution is -2.27. The largest absolute Gasteiger partial charge is 0.496 e. The number of amides is 1. The maximum absolute atomic E-state index is 12.6. The number of hydrogen-bond donors (Lipinski definition) is 1. The minimum atomic E-state index is -3.55. The van der Waals surface area contributed by atoms with Crippen molar-refractivity contribution in [2.75, 3.05) is 21.2 Å². The van der Waals surface area contributed by atoms with E-state index in [1.54, 1.807) is 12.1 Å². The molecule has 2 aromatic rings. The molecule has 2 aromatic carbocycles. The fourth-order valence-electron chi connectivity index (χ4n) is 3.41. The number of nitrogens with one attached hydrogen (secondary N) is 1. The van der Waals surface area contributed by atoms with Gasteiger partial charge < -0.3 is 10.1 Å². The minimum absolute atomic E-state index is 0.0944. The van der Waals surface area contributed by atoms with Crippen molar-refractivity contribution < 1.29 is 17.9 Å². The van der Waals surface area contributed by atoms with E-state index >= 15 is 0 Å². The topological polar surface area (TPSA) is 75.7 Å². The van der Waals surface area contributed by atoms with E-state index in [0.717, 1.165) is 11.1 Å². The van der Waals surface area contributed by atoms with Gasteiger partial charge in [0.25, 0.3) is 0 Å². The number of hydrogen-bond acceptors (Lipinski definition) is 4. The summed E-state index contributed by atoms with van der Waals surface area (Å²) in [7, 11) is 0.956. The first-order chi connectivity index (χ1) is 14.0. The molecule has 0 radical (unpaired) electrons. The number of ether oxygens (including phenoxy) is 1. The van der Waals surface area contributed by atoms with Crippen molar-refractivity contribution in [3.8, 4) is 5.75 Å². The standard InChI is InChI=1S/C23H32N2O4S/c1-15-12-17(3)21(13-16(15)2)18(4)24-23(26)11-8-19-14-20(9-10-22(19)29-7)30(27,28)25(5)6/h9-10,12-14,18H,8,11H2,1-7H3,(H,24,26). The van der Waals surface area contributed by atoms with Gasteiger partial charge in [-0.2, -0.15) is 0 Å². The summed E-state index contributed by atoms with van der Waals surface area (Å²) in [5.41, 5.74) is 5.36. The zero-order valence-electron chi connectivity index (χ0n) is 18.9. The monoisotopic (exact) mass is 432 g/mol. The zero-order chi connectivity index (χ0) is 22.6. The fraction of sp³-hybridized carbons (Fsp3) is 0.435. The van der Waals surface area contributed by atoms with Gasteiger partial charge >= 0.3 is 0 Å². The Balaban J connectivity index is 2.13. The van der Waals surface area contributed by atoms with Gasteiger partial charge in [-0.15, -0.1) is 0 Å². The second kappa shape index (κ2) is 9.62. The van der Waals surface area contributed by atoms with E-state index in [1.807, 2.05) is 13.8 Å². The van der Waals surface area contributed by atoms with Crippen LogP contribution in [0.4, 0.5) is 0 Å². The van der Waals surface area contributed by atoms with Crippen LogP contribution in [-0.4, -0.2) is 39.8 Å². The Morgan fingerprint density at radius 3 is 2.30 bits per heavy atom. The predicted octanol–water partition coefficient (Wildman–Crippen LogP) is 3.68. The molecule has 0 bridgehead atoms. The van der Waals surface area contributed by atoms with Gasteiger partial charge in [0.2, 0.25) is 15.9 Å². The van der Waals surface area contributed by atoms with Crippen molar-refractivity contribution in [2.45, 2.75) is 51.5 Å². The molecule has 0 aliphatic heterocycles. The van der Waals surface area contributed by atoms with Crippen LogP contribution in [-0.2, 0) is 21.2 Å². The van der Waals surface area contributed by atoms with Gasteiger partial charge in [-0.1, -0.05) is 12.1 Å². The molecule has 0 aromatic heterocycles. The van der Waals surface area contributed by atoms with E-state index in [2.05, 4.69) is 31.3 Å². The van der Waals surface area contributed by atoms with Crippen molar-refractivity contribution >= 4 is 15.9 Å². The number of rotatable bonds is 8. The van der Waals surface area contributed by atoms with Gasteiger partial charge in [0.15, 0.2) is 0 Å². The molecule has 1 atom stereocenters. The van der Waals surface area contributed by atoms with E-state index in [9.17, 15) is 13.2 Å². The molecule has 0 spiro atoms. The smallest absolute Gasteiger partial charge is 0.242 e. The van der Waals surface area contributed by atoms with E-state index in [4.69, 9.17) is 4.74 Å². The number of nitrogens with zero attached hydrogens (tertiary/aromatic N) is 1. The molecular formula is C23H32N2O4S. The van der Waals surface area contributed by atoms with E-state index in [1.165, 1.54) is 42.7 Å². The lowest BCUT2D eigenvalue weighted by molar-refractivity contribution is -0.121. The average molecular weight is 433 g/mol. The van der Waals surface area contributed by atoms with Crippen molar-refractivity contribution in [3.63, 3.8) is 0 Å². The lowest BCUT2D eigenvalue weighted by Gasteiger charge is -2.19. The molecule has 0 saturated heterocycles. The predicted molar refractivity (Wildman–Crippen MR) is 119 cm³/mol. The van der Waals surface area contributed by atoms with Gasteiger partial charge in [-0.3, -0.25) is 4.79 Å². The molecule has 2 rings (SSSR count). The summed E-state index contributed by atoms with van der Waals surface area (Å²) >= 11 is 0. The van der Waals surface area contributed by atoms with Crippen LogP contribution >= 0.6 is 0 Å². The Morgan fingerprint density at radius 1 is 1.07 bits per heavy atom. The number of carbonyl (C=O) groups is 1. The highest BCUT2D eigenvalue weighted by Gasteiger charge is 2.20. The molecule has 30 heavy (non-hydrogen) atoms. The number of benzene rings is 2. The number of carbonyl (C=O) groups excluding carboxylic acids is 1. The van der Waals surface area contributed by atoms with Crippen LogP contribution in [0.15, 0.2) is 35.2 Å². The van der Waals surface area contributed by atoms with Crippen LogP contribution in [0.25, 0.3) is 0 Å². The van der Waals surface area contributed by atoms with E-state index < -0.39 is 10.0 Å². The van der Waals surface area contributed by atoms with Crippen molar-refractivity contribution in [1.29, 1.82) is 0 Å². The van der Waals surface area contributed by atoms with Crippen LogP contribution in [0, 0.1) is 20.8 Å². The maximum atomic E-state index is 12.6. The molecule has 1 N–H and O–H groups in total. The van der Waals surface area contributed by atoms with Crippen molar-refractivity contribution in [2.24, 2.45) is 0 Å². The molecule has 1 amide bonds. The van der Waals surface area contributed by atoms with Crippen molar-refractivity contribution in [1.82, 2.24) is 9.62 Å². The molecule has 164 valence electrons. The molecule has 0 aliphatic carbocycles. The molecule has 0 fully saturated rings. The maximum Gasteiger partial charge on any atom is 0.242 e. The number of aryl methyl sites for hydroxylation is 4. The molecule has 1 unspecified atom stereocenters. The second-order valence-corrected chi connectivity index (χ2v) is 10.00. The summed E-state index contributed by atoms with van der Waals surface area (Å²) in [6, 6.07) is 8.87. The Bertz CT molecular complexity index is 1030. The van der Waals surface area contributed by atoms with Gasteiger partial charge in [-0.05, 0) is 80.1 Å². The lowest BCUT2D eigenvalue weighted by atomic mass is 9.96. The first-order valence-corrected chi connectivity index (χ1v) is 11.4. The van der Waals surface area contributed by atoms with Crippen LogP contribution in [0.5, 0.6) is 5.75 Å². The Morgan fingerprint density at radius 2 is 1.70 bits per heavy atom. The Labute approximate surface area is 180 Å². The summed E-state index contributed by atoms with van der Waals surface area (Å²) in [6.07, 6.45) is 0.612. The summed E-state index contributed by atoms with van der Waals surface area (Å²) in [4.78, 5) is 12.8. The zero-order valence-corrected chi connectivity index (χ0v) is 19.7. The molecule has 0 saturated carbocycles. The first-order valence-electron chi connectivity index (χ1n) is 9.94. The van der Waals surface area contributed by atoms with Gasteiger partial charge in [0.1, 0.15) is 5.75 Å². The van der Waals surface area contributed by atoms with Gasteiger partial charge in [0, 0.05) is 20.5 Å². The fourth-order valence-corrected chi connectivity index (χ4v) is 4.36. The molecule has 7 heteroatoms. The van der Waals surface area contributed by atoms with Crippen LogP contribution in [0.1, 0.15) is 47.2 Å². The quantitative estimate of drug-likeness (QED) is 0.690. The highest BCUT2D eigenvalue weighted by Crippen LogP contribution is 2.26. The van der Waals surface area contributed by atoms with Gasteiger partial charge in [-0.25, -0.2) is 12.7 Å². The average Bonchev–Trinajstić information content (AvgIpc) is 2.68. The highest BCUT2D eigenvalue weighted by atomic mass is 32.2. The highest BCUT2D eigenvalue weighted by molar-refractivity contribution is 7.89. The van der Waals surface area contributed by atoms with E-state index in [-0.39, 0.29) is 23.3 Å². The second-order valence-electron chi connectivity index (χ2n) is 7.84. The molecule has 6 nitrogen and oxygen atoms in total. The summed E-state index contributed by atoms with van der Waals surface area (Å²) in [5.74, 6) is 0.474. The molecule has 0 aliphatic rings. The normalized spacial score (nSPS) is 12.7.